The Morgan fingerprint density at radius 2 is 1.89 bits per heavy atom. The largest absolute Gasteiger partial charge is 0.299 e. The van der Waals surface area contributed by atoms with Gasteiger partial charge in [-0.2, -0.15) is 5.10 Å². The number of benzene rings is 2. The smallest absolute Gasteiger partial charge is 0.137 e. The molecule has 4 nitrogen and oxygen atoms in total. The minimum Gasteiger partial charge on any atom is -0.299 e. The maximum absolute atomic E-state index is 12.1. The fraction of sp³-hybridized carbons (Fsp3) is 0.208. The molecule has 0 fully saturated rings. The number of aromatic nitrogens is 3. The lowest BCUT2D eigenvalue weighted by atomic mass is 9.96. The van der Waals surface area contributed by atoms with Crippen molar-refractivity contribution in [2.24, 2.45) is 0 Å². The van der Waals surface area contributed by atoms with E-state index in [1.807, 2.05) is 18.3 Å². The Morgan fingerprint density at radius 1 is 1.04 bits per heavy atom. The highest BCUT2D eigenvalue weighted by Crippen LogP contribution is 2.28. The van der Waals surface area contributed by atoms with Crippen LogP contribution in [-0.4, -0.2) is 21.0 Å². The molecule has 0 unspecified atom stereocenters. The van der Waals surface area contributed by atoms with Gasteiger partial charge in [-0.25, -0.2) is 0 Å². The quantitative estimate of drug-likeness (QED) is 0.495. The van der Waals surface area contributed by atoms with E-state index in [0.29, 0.717) is 12.8 Å². The molecule has 2 aromatic carbocycles. The number of hydrogen-bond acceptors (Lipinski definition) is 3. The zero-order valence-corrected chi connectivity index (χ0v) is 16.0. The standard InChI is InChI=1S/C24H23N3O/c1-17-12-24-21(16-26-27-24)14-23(17)20-9-7-18(8-10-20)4-2-6-22(28)13-19-5-3-11-25-15-19/h3,5,7-12,14-16H,2,4,6,13H2,1H3,(H,26,27). The molecule has 2 heterocycles. The third-order valence-corrected chi connectivity index (χ3v) is 5.10. The number of H-pyrrole nitrogens is 1. The second kappa shape index (κ2) is 8.17. The summed E-state index contributed by atoms with van der Waals surface area (Å²) >= 11 is 0. The number of aromatic amines is 1. The van der Waals surface area contributed by atoms with E-state index in [0.717, 1.165) is 29.3 Å². The van der Waals surface area contributed by atoms with Gasteiger partial charge in [-0.05, 0) is 65.8 Å². The maximum atomic E-state index is 12.1. The van der Waals surface area contributed by atoms with Crippen molar-refractivity contribution in [3.05, 3.63) is 83.8 Å². The molecule has 0 aliphatic rings. The molecule has 0 aliphatic carbocycles. The number of carbonyl (C=O) groups excluding carboxylic acids is 1. The Labute approximate surface area is 164 Å². The summed E-state index contributed by atoms with van der Waals surface area (Å²) in [5.41, 5.74) is 6.98. The van der Waals surface area contributed by atoms with Crippen LogP contribution in [0.25, 0.3) is 22.0 Å². The van der Waals surface area contributed by atoms with Crippen molar-refractivity contribution in [2.75, 3.05) is 0 Å². The number of rotatable bonds is 7. The first-order valence-electron chi connectivity index (χ1n) is 9.63. The highest BCUT2D eigenvalue weighted by atomic mass is 16.1. The van der Waals surface area contributed by atoms with Crippen LogP contribution in [0, 0.1) is 6.92 Å². The average Bonchev–Trinajstić information content (AvgIpc) is 3.16. The molecule has 0 radical (unpaired) electrons. The third kappa shape index (κ3) is 4.17. The second-order valence-corrected chi connectivity index (χ2v) is 7.25. The summed E-state index contributed by atoms with van der Waals surface area (Å²) in [7, 11) is 0. The monoisotopic (exact) mass is 369 g/mol. The Balaban J connectivity index is 1.35. The van der Waals surface area contributed by atoms with Gasteiger partial charge in [0, 0.05) is 30.6 Å². The zero-order chi connectivity index (χ0) is 19.3. The van der Waals surface area contributed by atoms with E-state index in [-0.39, 0.29) is 5.78 Å². The number of carbonyl (C=O) groups is 1. The fourth-order valence-corrected chi connectivity index (χ4v) is 3.57. The normalized spacial score (nSPS) is 11.0. The first-order valence-corrected chi connectivity index (χ1v) is 9.63. The van der Waals surface area contributed by atoms with Crippen LogP contribution in [0.3, 0.4) is 0 Å². The fourth-order valence-electron chi connectivity index (χ4n) is 3.57. The Morgan fingerprint density at radius 3 is 2.68 bits per heavy atom. The summed E-state index contributed by atoms with van der Waals surface area (Å²) in [5, 5.41) is 8.25. The topological polar surface area (TPSA) is 58.6 Å². The van der Waals surface area contributed by atoms with Gasteiger partial charge in [0.2, 0.25) is 0 Å². The van der Waals surface area contributed by atoms with Crippen LogP contribution in [0.2, 0.25) is 0 Å². The molecule has 0 bridgehead atoms. The van der Waals surface area contributed by atoms with Gasteiger partial charge < -0.3 is 0 Å². The lowest BCUT2D eigenvalue weighted by Crippen LogP contribution is -2.03. The summed E-state index contributed by atoms with van der Waals surface area (Å²) in [6, 6.07) is 16.8. The predicted octanol–water partition coefficient (Wildman–Crippen LogP) is 5.07. The third-order valence-electron chi connectivity index (χ3n) is 5.10. The van der Waals surface area contributed by atoms with Gasteiger partial charge in [-0.15, -0.1) is 0 Å². The molecular weight excluding hydrogens is 346 g/mol. The number of hydrogen-bond donors (Lipinski definition) is 1. The minimum atomic E-state index is 0.272. The Hall–Kier alpha value is -3.27. The van der Waals surface area contributed by atoms with Gasteiger partial charge in [0.05, 0.1) is 11.7 Å². The number of nitrogens with zero attached hydrogens (tertiary/aromatic N) is 2. The van der Waals surface area contributed by atoms with Gasteiger partial charge >= 0.3 is 0 Å². The predicted molar refractivity (Wildman–Crippen MR) is 112 cm³/mol. The van der Waals surface area contributed by atoms with Gasteiger partial charge in [0.15, 0.2) is 0 Å². The van der Waals surface area contributed by atoms with Crippen molar-refractivity contribution in [3.8, 4) is 11.1 Å². The highest BCUT2D eigenvalue weighted by molar-refractivity contribution is 5.86. The van der Waals surface area contributed by atoms with Crippen molar-refractivity contribution in [3.63, 3.8) is 0 Å². The molecule has 1 N–H and O–H groups in total. The lowest BCUT2D eigenvalue weighted by Gasteiger charge is -2.08. The first kappa shape index (κ1) is 18.1. The molecule has 0 saturated carbocycles. The van der Waals surface area contributed by atoms with Crippen molar-refractivity contribution in [1.82, 2.24) is 15.2 Å². The molecule has 0 spiro atoms. The van der Waals surface area contributed by atoms with Crippen molar-refractivity contribution in [1.29, 1.82) is 0 Å². The van der Waals surface area contributed by atoms with Crippen LogP contribution in [-0.2, 0) is 17.6 Å². The van der Waals surface area contributed by atoms with Crippen LogP contribution in [0.4, 0.5) is 0 Å². The molecule has 0 atom stereocenters. The average molecular weight is 369 g/mol. The van der Waals surface area contributed by atoms with Crippen LogP contribution < -0.4 is 0 Å². The number of nitrogens with one attached hydrogen (secondary N) is 1. The van der Waals surface area contributed by atoms with Crippen LogP contribution in [0.15, 0.2) is 67.1 Å². The van der Waals surface area contributed by atoms with Crippen LogP contribution in [0.5, 0.6) is 0 Å². The van der Waals surface area contributed by atoms with E-state index in [2.05, 4.69) is 58.5 Å². The molecule has 0 saturated heterocycles. The number of fused-ring (bicyclic) bond motifs is 1. The Bertz CT molecular complexity index is 1080. The van der Waals surface area contributed by atoms with E-state index < -0.39 is 0 Å². The molecule has 2 aromatic heterocycles. The molecule has 0 amide bonds. The number of aryl methyl sites for hydroxylation is 2. The Kier molecular flexibility index (Phi) is 5.29. The van der Waals surface area contributed by atoms with Crippen molar-refractivity contribution >= 4 is 16.7 Å². The lowest BCUT2D eigenvalue weighted by molar-refractivity contribution is -0.118. The van der Waals surface area contributed by atoms with Crippen LogP contribution in [0.1, 0.15) is 29.5 Å². The molecule has 4 aromatic rings. The van der Waals surface area contributed by atoms with E-state index >= 15 is 0 Å². The molecule has 28 heavy (non-hydrogen) atoms. The summed E-state index contributed by atoms with van der Waals surface area (Å²) < 4.78 is 0. The molecule has 140 valence electrons. The van der Waals surface area contributed by atoms with E-state index in [9.17, 15) is 4.79 Å². The summed E-state index contributed by atoms with van der Waals surface area (Å²) in [5.74, 6) is 0.272. The van der Waals surface area contributed by atoms with Crippen molar-refractivity contribution < 1.29 is 4.79 Å². The first-order chi connectivity index (χ1) is 13.7. The van der Waals surface area contributed by atoms with E-state index in [1.54, 1.807) is 12.4 Å². The summed E-state index contributed by atoms with van der Waals surface area (Å²) in [6.07, 6.45) is 8.22. The summed E-state index contributed by atoms with van der Waals surface area (Å²) in [6.45, 7) is 2.12. The second-order valence-electron chi connectivity index (χ2n) is 7.25. The molecule has 0 aliphatic heterocycles. The van der Waals surface area contributed by atoms with Crippen molar-refractivity contribution in [2.45, 2.75) is 32.6 Å². The van der Waals surface area contributed by atoms with Crippen LogP contribution >= 0.6 is 0 Å². The highest BCUT2D eigenvalue weighted by Gasteiger charge is 2.07. The van der Waals surface area contributed by atoms with Gasteiger partial charge in [-0.1, -0.05) is 30.3 Å². The number of Topliss-reactive ketones (excluding diaryl/α,β-unsaturated/α-hetero) is 1. The van der Waals surface area contributed by atoms with Gasteiger partial charge in [-0.3, -0.25) is 14.9 Å². The number of pyridine rings is 1. The zero-order valence-electron chi connectivity index (χ0n) is 16.0. The molecular formula is C24H23N3O. The van der Waals surface area contributed by atoms with Gasteiger partial charge in [0.25, 0.3) is 0 Å². The minimum absolute atomic E-state index is 0.272. The van der Waals surface area contributed by atoms with Gasteiger partial charge in [0.1, 0.15) is 5.78 Å². The SMILES string of the molecule is Cc1cc2[nH]ncc2cc1-c1ccc(CCCC(=O)Cc2cccnc2)cc1. The molecule has 4 heteroatoms. The van der Waals surface area contributed by atoms with E-state index in [1.165, 1.54) is 22.3 Å². The number of ketones is 1. The summed E-state index contributed by atoms with van der Waals surface area (Å²) in [4.78, 5) is 16.2. The molecule has 4 rings (SSSR count). The van der Waals surface area contributed by atoms with E-state index in [4.69, 9.17) is 0 Å². The maximum Gasteiger partial charge on any atom is 0.137 e.